The van der Waals surface area contributed by atoms with Crippen molar-refractivity contribution >= 4 is 5.91 Å². The van der Waals surface area contributed by atoms with Crippen molar-refractivity contribution in [2.45, 2.75) is 39.0 Å². The summed E-state index contributed by atoms with van der Waals surface area (Å²) in [5.41, 5.74) is 3.30. The summed E-state index contributed by atoms with van der Waals surface area (Å²) < 4.78 is 0. The van der Waals surface area contributed by atoms with Crippen molar-refractivity contribution < 1.29 is 4.79 Å². The van der Waals surface area contributed by atoms with Gasteiger partial charge < -0.3 is 5.32 Å². The van der Waals surface area contributed by atoms with Crippen LogP contribution in [0.5, 0.6) is 0 Å². The highest BCUT2D eigenvalue weighted by atomic mass is 16.1. The third-order valence-corrected chi connectivity index (χ3v) is 3.95. The second kappa shape index (κ2) is 6.78. The van der Waals surface area contributed by atoms with Crippen LogP contribution in [0.3, 0.4) is 0 Å². The molecule has 2 aromatic rings. The summed E-state index contributed by atoms with van der Waals surface area (Å²) in [5, 5.41) is 3.02. The normalized spacial score (nSPS) is 12.7. The van der Waals surface area contributed by atoms with Crippen LogP contribution in [0.1, 0.15) is 55.1 Å². The molecule has 0 unspecified atom stereocenters. The first-order chi connectivity index (χ1) is 10.4. The molecule has 0 aromatic heterocycles. The molecule has 0 radical (unpaired) electrons. The zero-order chi connectivity index (χ0) is 16.2. The molecule has 0 saturated carbocycles. The Morgan fingerprint density at radius 2 is 1.59 bits per heavy atom. The quantitative estimate of drug-likeness (QED) is 0.883. The molecule has 2 nitrogen and oxygen atoms in total. The van der Waals surface area contributed by atoms with E-state index in [0.29, 0.717) is 18.0 Å². The lowest BCUT2D eigenvalue weighted by Crippen LogP contribution is -2.27. The SMILES string of the molecule is C[C@H](CNC(=O)c1ccc(C(C)(C)C)cc1)c1ccccc1. The smallest absolute Gasteiger partial charge is 0.251 e. The van der Waals surface area contributed by atoms with Crippen molar-refractivity contribution in [1.29, 1.82) is 0 Å². The summed E-state index contributed by atoms with van der Waals surface area (Å²) in [5.74, 6) is 0.294. The highest BCUT2D eigenvalue weighted by molar-refractivity contribution is 5.94. The van der Waals surface area contributed by atoms with Crippen molar-refractivity contribution in [2.24, 2.45) is 0 Å². The van der Waals surface area contributed by atoms with Gasteiger partial charge in [-0.2, -0.15) is 0 Å². The van der Waals surface area contributed by atoms with Crippen molar-refractivity contribution in [3.63, 3.8) is 0 Å². The van der Waals surface area contributed by atoms with Gasteiger partial charge in [0.25, 0.3) is 5.91 Å². The van der Waals surface area contributed by atoms with Gasteiger partial charge in [0.15, 0.2) is 0 Å². The van der Waals surface area contributed by atoms with Crippen molar-refractivity contribution in [3.05, 3.63) is 71.3 Å². The van der Waals surface area contributed by atoms with E-state index < -0.39 is 0 Å². The number of carbonyl (C=O) groups excluding carboxylic acids is 1. The van der Waals surface area contributed by atoms with Crippen LogP contribution < -0.4 is 5.32 Å². The summed E-state index contributed by atoms with van der Waals surface area (Å²) in [4.78, 5) is 12.2. The molecule has 0 aliphatic carbocycles. The fourth-order valence-corrected chi connectivity index (χ4v) is 2.37. The largest absolute Gasteiger partial charge is 0.351 e. The molecule has 0 heterocycles. The molecular formula is C20H25NO. The molecule has 2 aromatic carbocycles. The Hall–Kier alpha value is -2.09. The number of hydrogen-bond acceptors (Lipinski definition) is 1. The van der Waals surface area contributed by atoms with E-state index in [-0.39, 0.29) is 11.3 Å². The minimum Gasteiger partial charge on any atom is -0.351 e. The third-order valence-electron chi connectivity index (χ3n) is 3.95. The van der Waals surface area contributed by atoms with E-state index in [1.807, 2.05) is 42.5 Å². The number of hydrogen-bond donors (Lipinski definition) is 1. The molecule has 2 rings (SSSR count). The van der Waals surface area contributed by atoms with Crippen molar-refractivity contribution in [2.75, 3.05) is 6.54 Å². The van der Waals surface area contributed by atoms with Crippen LogP contribution in [0.4, 0.5) is 0 Å². The lowest BCUT2D eigenvalue weighted by Gasteiger charge is -2.19. The zero-order valence-corrected chi connectivity index (χ0v) is 13.9. The minimum atomic E-state index is -0.0109. The average Bonchev–Trinajstić information content (AvgIpc) is 2.52. The first-order valence-corrected chi connectivity index (χ1v) is 7.81. The van der Waals surface area contributed by atoms with E-state index in [1.54, 1.807) is 0 Å². The average molecular weight is 295 g/mol. The van der Waals surface area contributed by atoms with Crippen LogP contribution >= 0.6 is 0 Å². The van der Waals surface area contributed by atoms with E-state index in [4.69, 9.17) is 0 Å². The van der Waals surface area contributed by atoms with E-state index in [0.717, 1.165) is 0 Å². The summed E-state index contributed by atoms with van der Waals surface area (Å²) in [6, 6.07) is 18.1. The predicted octanol–water partition coefficient (Wildman–Crippen LogP) is 4.52. The number of nitrogens with one attached hydrogen (secondary N) is 1. The maximum Gasteiger partial charge on any atom is 0.251 e. The Balaban J connectivity index is 1.95. The molecule has 0 bridgehead atoms. The van der Waals surface area contributed by atoms with Gasteiger partial charge in [0.2, 0.25) is 0 Å². The molecule has 2 heteroatoms. The highest BCUT2D eigenvalue weighted by Crippen LogP contribution is 2.22. The van der Waals surface area contributed by atoms with Crippen LogP contribution in [0.2, 0.25) is 0 Å². The van der Waals surface area contributed by atoms with Crippen LogP contribution in [0.25, 0.3) is 0 Å². The van der Waals surface area contributed by atoms with Gasteiger partial charge in [0.05, 0.1) is 0 Å². The first kappa shape index (κ1) is 16.3. The zero-order valence-electron chi connectivity index (χ0n) is 13.9. The topological polar surface area (TPSA) is 29.1 Å². The molecular weight excluding hydrogens is 270 g/mol. The van der Waals surface area contributed by atoms with Gasteiger partial charge in [0, 0.05) is 12.1 Å². The van der Waals surface area contributed by atoms with Crippen molar-refractivity contribution in [3.8, 4) is 0 Å². The van der Waals surface area contributed by atoms with Crippen molar-refractivity contribution in [1.82, 2.24) is 5.32 Å². The number of carbonyl (C=O) groups is 1. The number of benzene rings is 2. The van der Waals surface area contributed by atoms with Gasteiger partial charge in [-0.15, -0.1) is 0 Å². The Bertz CT molecular complexity index is 608. The lowest BCUT2D eigenvalue weighted by atomic mass is 9.86. The minimum absolute atomic E-state index is 0.0109. The molecule has 1 atom stereocenters. The lowest BCUT2D eigenvalue weighted by molar-refractivity contribution is 0.0951. The fraction of sp³-hybridized carbons (Fsp3) is 0.350. The molecule has 22 heavy (non-hydrogen) atoms. The fourth-order valence-electron chi connectivity index (χ4n) is 2.37. The Labute approximate surface area is 133 Å². The highest BCUT2D eigenvalue weighted by Gasteiger charge is 2.14. The van der Waals surface area contributed by atoms with Gasteiger partial charge in [0.1, 0.15) is 0 Å². The first-order valence-electron chi connectivity index (χ1n) is 7.81. The summed E-state index contributed by atoms with van der Waals surface area (Å²) in [6.45, 7) is 9.28. The van der Waals surface area contributed by atoms with Gasteiger partial charge in [-0.05, 0) is 34.6 Å². The molecule has 0 aliphatic rings. The van der Waals surface area contributed by atoms with Gasteiger partial charge in [-0.3, -0.25) is 4.79 Å². The summed E-state index contributed by atoms with van der Waals surface area (Å²) >= 11 is 0. The van der Waals surface area contributed by atoms with E-state index in [1.165, 1.54) is 11.1 Å². The maximum absolute atomic E-state index is 12.2. The van der Waals surface area contributed by atoms with Gasteiger partial charge in [-0.1, -0.05) is 70.2 Å². The van der Waals surface area contributed by atoms with Crippen LogP contribution in [0.15, 0.2) is 54.6 Å². The molecule has 0 fully saturated rings. The molecule has 1 amide bonds. The molecule has 116 valence electrons. The van der Waals surface area contributed by atoms with E-state index in [9.17, 15) is 4.79 Å². The monoisotopic (exact) mass is 295 g/mol. The van der Waals surface area contributed by atoms with E-state index >= 15 is 0 Å². The standard InChI is InChI=1S/C20H25NO/c1-15(16-8-6-5-7-9-16)14-21-19(22)17-10-12-18(13-11-17)20(2,3)4/h5-13,15H,14H2,1-4H3,(H,21,22)/t15-/m1/s1. The number of amides is 1. The van der Waals surface area contributed by atoms with E-state index in [2.05, 4.69) is 45.1 Å². The molecule has 1 N–H and O–H groups in total. The summed E-state index contributed by atoms with van der Waals surface area (Å²) in [7, 11) is 0. The number of rotatable bonds is 4. The predicted molar refractivity (Wildman–Crippen MR) is 92.3 cm³/mol. The second-order valence-corrected chi connectivity index (χ2v) is 6.85. The Morgan fingerprint density at radius 1 is 1.00 bits per heavy atom. The third kappa shape index (κ3) is 4.20. The van der Waals surface area contributed by atoms with Crippen LogP contribution in [0, 0.1) is 0 Å². The second-order valence-electron chi connectivity index (χ2n) is 6.85. The molecule has 0 spiro atoms. The van der Waals surface area contributed by atoms with Gasteiger partial charge in [-0.25, -0.2) is 0 Å². The molecule has 0 aliphatic heterocycles. The Kier molecular flexibility index (Phi) is 5.02. The maximum atomic E-state index is 12.2. The van der Waals surface area contributed by atoms with Gasteiger partial charge >= 0.3 is 0 Å². The van der Waals surface area contributed by atoms with Crippen LogP contribution in [-0.2, 0) is 5.41 Å². The Morgan fingerprint density at radius 3 is 2.14 bits per heavy atom. The molecule has 0 saturated heterocycles. The van der Waals surface area contributed by atoms with Crippen LogP contribution in [-0.4, -0.2) is 12.5 Å². The summed E-state index contributed by atoms with van der Waals surface area (Å²) in [6.07, 6.45) is 0.